The van der Waals surface area contributed by atoms with Crippen LogP contribution in [0.2, 0.25) is 0 Å². The van der Waals surface area contributed by atoms with Crippen molar-refractivity contribution in [1.29, 1.82) is 0 Å². The monoisotopic (exact) mass is 339 g/mol. The average molecular weight is 339 g/mol. The predicted molar refractivity (Wildman–Crippen MR) is 97.7 cm³/mol. The van der Waals surface area contributed by atoms with Gasteiger partial charge in [0.1, 0.15) is 5.75 Å². The van der Waals surface area contributed by atoms with Gasteiger partial charge in [0.05, 0.1) is 5.71 Å². The smallest absolute Gasteiger partial charge is 0.271 e. The molecule has 0 atom stereocenters. The minimum atomic E-state index is -0.347. The zero-order chi connectivity index (χ0) is 18.4. The SMILES string of the molecule is CC(=NNC(=O)c1ccc(NC(=O)C(C)C)cc1)c1ccc(O)cc1. The predicted octanol–water partition coefficient (Wildman–Crippen LogP) is 3.14. The molecule has 0 aliphatic carbocycles. The van der Waals surface area contributed by atoms with Crippen LogP contribution in [0.3, 0.4) is 0 Å². The highest BCUT2D eigenvalue weighted by Gasteiger charge is 2.09. The van der Waals surface area contributed by atoms with Crippen molar-refractivity contribution in [3.63, 3.8) is 0 Å². The number of rotatable bonds is 5. The third-order valence-corrected chi connectivity index (χ3v) is 3.55. The summed E-state index contributed by atoms with van der Waals surface area (Å²) in [6, 6.07) is 13.1. The quantitative estimate of drug-likeness (QED) is 0.577. The summed E-state index contributed by atoms with van der Waals surface area (Å²) in [6.07, 6.45) is 0. The number of anilines is 1. The van der Waals surface area contributed by atoms with E-state index in [2.05, 4.69) is 15.8 Å². The first-order valence-corrected chi connectivity index (χ1v) is 7.92. The Labute approximate surface area is 146 Å². The molecule has 2 aromatic carbocycles. The van der Waals surface area contributed by atoms with Gasteiger partial charge < -0.3 is 10.4 Å². The summed E-state index contributed by atoms with van der Waals surface area (Å²) in [5.74, 6) is -0.364. The maximum atomic E-state index is 12.1. The van der Waals surface area contributed by atoms with Gasteiger partial charge in [-0.2, -0.15) is 5.10 Å². The van der Waals surface area contributed by atoms with Crippen LogP contribution < -0.4 is 10.7 Å². The Balaban J connectivity index is 1.99. The van der Waals surface area contributed by atoms with Gasteiger partial charge in [0.15, 0.2) is 0 Å². The lowest BCUT2D eigenvalue weighted by atomic mass is 10.1. The van der Waals surface area contributed by atoms with Crippen LogP contribution in [0.25, 0.3) is 0 Å². The van der Waals surface area contributed by atoms with Crippen molar-refractivity contribution in [2.24, 2.45) is 11.0 Å². The molecule has 3 N–H and O–H groups in total. The molecule has 25 heavy (non-hydrogen) atoms. The molecule has 6 heteroatoms. The van der Waals surface area contributed by atoms with Crippen LogP contribution in [0.1, 0.15) is 36.7 Å². The highest BCUT2D eigenvalue weighted by atomic mass is 16.3. The van der Waals surface area contributed by atoms with Crippen LogP contribution in [-0.2, 0) is 4.79 Å². The molecule has 0 saturated heterocycles. The fraction of sp³-hybridized carbons (Fsp3) is 0.211. The Morgan fingerprint density at radius 2 is 1.52 bits per heavy atom. The Bertz CT molecular complexity index is 779. The number of phenolic OH excluding ortho intramolecular Hbond substituents is 1. The molecular formula is C19H21N3O3. The number of nitrogens with one attached hydrogen (secondary N) is 2. The third kappa shape index (κ3) is 5.17. The van der Waals surface area contributed by atoms with Crippen molar-refractivity contribution in [1.82, 2.24) is 5.43 Å². The van der Waals surface area contributed by atoms with Gasteiger partial charge in [-0.05, 0) is 61.0 Å². The topological polar surface area (TPSA) is 90.8 Å². The van der Waals surface area contributed by atoms with E-state index in [0.717, 1.165) is 5.56 Å². The molecule has 0 bridgehead atoms. The Kier molecular flexibility index (Phi) is 5.89. The number of benzene rings is 2. The van der Waals surface area contributed by atoms with Crippen LogP contribution in [-0.4, -0.2) is 22.6 Å². The number of nitrogens with zero attached hydrogens (tertiary/aromatic N) is 1. The number of hydrogen-bond acceptors (Lipinski definition) is 4. The van der Waals surface area contributed by atoms with Crippen molar-refractivity contribution >= 4 is 23.2 Å². The van der Waals surface area contributed by atoms with Crippen LogP contribution in [0.4, 0.5) is 5.69 Å². The fourth-order valence-electron chi connectivity index (χ4n) is 1.96. The maximum Gasteiger partial charge on any atom is 0.271 e. The summed E-state index contributed by atoms with van der Waals surface area (Å²) in [7, 11) is 0. The number of hydrazone groups is 1. The average Bonchev–Trinajstić information content (AvgIpc) is 2.60. The highest BCUT2D eigenvalue weighted by molar-refractivity contribution is 6.01. The van der Waals surface area contributed by atoms with E-state index >= 15 is 0 Å². The number of carbonyl (C=O) groups is 2. The van der Waals surface area contributed by atoms with Crippen LogP contribution in [0, 0.1) is 5.92 Å². The summed E-state index contributed by atoms with van der Waals surface area (Å²) >= 11 is 0. The van der Waals surface area contributed by atoms with Gasteiger partial charge in [-0.25, -0.2) is 5.43 Å². The summed E-state index contributed by atoms with van der Waals surface area (Å²) in [5.41, 5.74) is 4.98. The molecule has 130 valence electrons. The second-order valence-corrected chi connectivity index (χ2v) is 5.91. The first kappa shape index (κ1) is 18.2. The van der Waals surface area contributed by atoms with Gasteiger partial charge in [0.2, 0.25) is 5.91 Å². The number of aromatic hydroxyl groups is 1. The molecule has 0 aromatic heterocycles. The summed E-state index contributed by atoms with van der Waals surface area (Å²) < 4.78 is 0. The Hall–Kier alpha value is -3.15. The number of hydrogen-bond donors (Lipinski definition) is 3. The van der Waals surface area contributed by atoms with Crippen molar-refractivity contribution in [2.45, 2.75) is 20.8 Å². The minimum absolute atomic E-state index is 0.0775. The Morgan fingerprint density at radius 3 is 2.08 bits per heavy atom. The highest BCUT2D eigenvalue weighted by Crippen LogP contribution is 2.12. The first-order valence-electron chi connectivity index (χ1n) is 7.92. The van der Waals surface area contributed by atoms with E-state index < -0.39 is 0 Å². The molecule has 0 unspecified atom stereocenters. The summed E-state index contributed by atoms with van der Waals surface area (Å²) in [6.45, 7) is 5.38. The molecule has 0 aliphatic heterocycles. The molecule has 0 spiro atoms. The number of carbonyl (C=O) groups excluding carboxylic acids is 2. The molecule has 2 rings (SSSR count). The summed E-state index contributed by atoms with van der Waals surface area (Å²) in [5, 5.41) is 16.1. The van der Waals surface area contributed by atoms with E-state index in [-0.39, 0.29) is 23.5 Å². The van der Waals surface area contributed by atoms with Crippen molar-refractivity contribution in [3.8, 4) is 5.75 Å². The largest absolute Gasteiger partial charge is 0.508 e. The van der Waals surface area contributed by atoms with Crippen molar-refractivity contribution < 1.29 is 14.7 Å². The van der Waals surface area contributed by atoms with Gasteiger partial charge in [-0.1, -0.05) is 13.8 Å². The zero-order valence-corrected chi connectivity index (χ0v) is 14.4. The number of amides is 2. The second-order valence-electron chi connectivity index (χ2n) is 5.91. The third-order valence-electron chi connectivity index (χ3n) is 3.55. The molecule has 0 aliphatic rings. The van der Waals surface area contributed by atoms with E-state index in [1.165, 1.54) is 0 Å². The molecule has 0 saturated carbocycles. The lowest BCUT2D eigenvalue weighted by molar-refractivity contribution is -0.118. The molecule has 0 heterocycles. The van der Waals surface area contributed by atoms with Gasteiger partial charge in [-0.15, -0.1) is 0 Å². The van der Waals surface area contributed by atoms with Crippen molar-refractivity contribution in [3.05, 3.63) is 59.7 Å². The molecule has 0 radical (unpaired) electrons. The summed E-state index contributed by atoms with van der Waals surface area (Å²) in [4.78, 5) is 23.8. The van der Waals surface area contributed by atoms with E-state index in [9.17, 15) is 14.7 Å². The van der Waals surface area contributed by atoms with E-state index in [1.54, 1.807) is 55.5 Å². The first-order chi connectivity index (χ1) is 11.9. The van der Waals surface area contributed by atoms with Crippen molar-refractivity contribution in [2.75, 3.05) is 5.32 Å². The lowest BCUT2D eigenvalue weighted by Gasteiger charge is -2.08. The Morgan fingerprint density at radius 1 is 0.960 bits per heavy atom. The van der Waals surface area contributed by atoms with Crippen LogP contribution in [0.15, 0.2) is 53.6 Å². The van der Waals surface area contributed by atoms with Crippen LogP contribution >= 0.6 is 0 Å². The van der Waals surface area contributed by atoms with Gasteiger partial charge in [-0.3, -0.25) is 9.59 Å². The zero-order valence-electron chi connectivity index (χ0n) is 14.4. The molecule has 2 aromatic rings. The normalized spacial score (nSPS) is 11.3. The van der Waals surface area contributed by atoms with Gasteiger partial charge in [0.25, 0.3) is 5.91 Å². The second kappa shape index (κ2) is 8.10. The van der Waals surface area contributed by atoms with E-state index in [0.29, 0.717) is 17.0 Å². The van der Waals surface area contributed by atoms with Gasteiger partial charge >= 0.3 is 0 Å². The van der Waals surface area contributed by atoms with E-state index in [4.69, 9.17) is 0 Å². The fourth-order valence-corrected chi connectivity index (χ4v) is 1.96. The van der Waals surface area contributed by atoms with Crippen LogP contribution in [0.5, 0.6) is 5.75 Å². The molecular weight excluding hydrogens is 318 g/mol. The standard InChI is InChI=1S/C19H21N3O3/c1-12(2)18(24)20-16-8-4-15(5-9-16)19(25)22-21-13(3)14-6-10-17(23)11-7-14/h4-12,23H,1-3H3,(H,20,24)(H,22,25). The van der Waals surface area contributed by atoms with E-state index in [1.807, 2.05) is 13.8 Å². The minimum Gasteiger partial charge on any atom is -0.508 e. The number of phenols is 1. The molecule has 6 nitrogen and oxygen atoms in total. The lowest BCUT2D eigenvalue weighted by Crippen LogP contribution is -2.20. The maximum absolute atomic E-state index is 12.1. The molecule has 2 amide bonds. The molecule has 0 fully saturated rings. The van der Waals surface area contributed by atoms with Gasteiger partial charge in [0, 0.05) is 17.2 Å².